The van der Waals surface area contributed by atoms with Gasteiger partial charge in [-0.05, 0) is 63.1 Å². The van der Waals surface area contributed by atoms with Gasteiger partial charge < -0.3 is 10.6 Å². The van der Waals surface area contributed by atoms with Crippen molar-refractivity contribution in [2.24, 2.45) is 16.1 Å². The Morgan fingerprint density at radius 3 is 2.37 bits per heavy atom. The van der Waals surface area contributed by atoms with Crippen LogP contribution in [0.25, 0.3) is 0 Å². The number of nitrogens with zero attached hydrogens (tertiary/aromatic N) is 3. The van der Waals surface area contributed by atoms with Crippen LogP contribution in [-0.4, -0.2) is 37.4 Å². The van der Waals surface area contributed by atoms with Crippen molar-refractivity contribution in [2.75, 3.05) is 25.5 Å². The number of guanidine groups is 1. The molecule has 0 unspecified atom stereocenters. The summed E-state index contributed by atoms with van der Waals surface area (Å²) >= 11 is 0. The number of amides is 1. The number of benzene rings is 2. The highest BCUT2D eigenvalue weighted by Crippen LogP contribution is 2.47. The molecule has 0 saturated heterocycles. The largest absolute Gasteiger partial charge is 0.374 e. The van der Waals surface area contributed by atoms with Crippen LogP contribution < -0.4 is 10.6 Å². The van der Waals surface area contributed by atoms with Gasteiger partial charge in [0.2, 0.25) is 5.91 Å². The molecule has 1 amide bonds. The van der Waals surface area contributed by atoms with Gasteiger partial charge in [0.05, 0.1) is 5.41 Å². The standard InChI is InChI=1S/C23H28F2N4O/c1-22(2)20(30)29(5)21(26)27-23(22,3)18-14-17(10-11-19(18)25)28(4)13-12-15-6-8-16(24)9-7-15/h6-11,14H,12-13H2,1-5H3,(H2,26,27)/t23-/m1/s1. The number of halogens is 2. The minimum atomic E-state index is -1.15. The van der Waals surface area contributed by atoms with Crippen LogP contribution in [-0.2, 0) is 16.8 Å². The zero-order valence-electron chi connectivity index (χ0n) is 18.0. The summed E-state index contributed by atoms with van der Waals surface area (Å²) in [6, 6.07) is 11.2. The fraction of sp³-hybridized carbons (Fsp3) is 0.391. The zero-order valence-corrected chi connectivity index (χ0v) is 18.0. The Balaban J connectivity index is 1.93. The van der Waals surface area contributed by atoms with Crippen LogP contribution in [0.15, 0.2) is 47.5 Å². The van der Waals surface area contributed by atoms with Crippen molar-refractivity contribution in [1.29, 1.82) is 0 Å². The second kappa shape index (κ2) is 7.70. The van der Waals surface area contributed by atoms with E-state index in [9.17, 15) is 13.6 Å². The van der Waals surface area contributed by atoms with Crippen molar-refractivity contribution in [2.45, 2.75) is 32.7 Å². The van der Waals surface area contributed by atoms with Gasteiger partial charge in [-0.2, -0.15) is 0 Å². The van der Waals surface area contributed by atoms with Crippen LogP contribution in [0.3, 0.4) is 0 Å². The number of nitrogens with two attached hydrogens (primary N) is 1. The first kappa shape index (κ1) is 21.7. The fourth-order valence-corrected chi connectivity index (χ4v) is 3.77. The SMILES string of the molecule is CN1C(=O)C(C)(C)[C@@](C)(c2cc(N(C)CCc3ccc(F)cc3)ccc2F)N=C1N. The molecule has 0 radical (unpaired) electrons. The van der Waals surface area contributed by atoms with Crippen molar-refractivity contribution >= 4 is 17.6 Å². The number of carbonyl (C=O) groups is 1. The molecular weight excluding hydrogens is 386 g/mol. The first-order chi connectivity index (χ1) is 14.0. The fourth-order valence-electron chi connectivity index (χ4n) is 3.77. The van der Waals surface area contributed by atoms with Gasteiger partial charge in [-0.3, -0.25) is 9.69 Å². The molecule has 5 nitrogen and oxygen atoms in total. The summed E-state index contributed by atoms with van der Waals surface area (Å²) in [4.78, 5) is 20.7. The number of anilines is 1. The Kier molecular flexibility index (Phi) is 5.58. The lowest BCUT2D eigenvalue weighted by Crippen LogP contribution is -2.58. The molecule has 0 spiro atoms. The number of aliphatic imine (C=N–C) groups is 1. The van der Waals surface area contributed by atoms with Gasteiger partial charge >= 0.3 is 0 Å². The van der Waals surface area contributed by atoms with E-state index in [1.807, 2.05) is 11.9 Å². The number of hydrogen-bond donors (Lipinski definition) is 1. The number of rotatable bonds is 5. The van der Waals surface area contributed by atoms with Crippen LogP contribution in [0, 0.1) is 17.0 Å². The summed E-state index contributed by atoms with van der Waals surface area (Å²) in [5.74, 6) is -0.850. The van der Waals surface area contributed by atoms with E-state index in [0.717, 1.165) is 11.3 Å². The summed E-state index contributed by atoms with van der Waals surface area (Å²) in [6.45, 7) is 5.91. The lowest BCUT2D eigenvalue weighted by Gasteiger charge is -2.46. The smallest absolute Gasteiger partial charge is 0.237 e. The van der Waals surface area contributed by atoms with Crippen LogP contribution in [0.1, 0.15) is 31.9 Å². The highest BCUT2D eigenvalue weighted by molar-refractivity contribution is 6.01. The molecule has 0 fully saturated rings. The third-order valence-corrected chi connectivity index (χ3v) is 6.30. The van der Waals surface area contributed by atoms with Gasteiger partial charge in [0.15, 0.2) is 5.96 Å². The normalized spacial score (nSPS) is 20.8. The maximum atomic E-state index is 15.0. The van der Waals surface area contributed by atoms with Gasteiger partial charge in [0.25, 0.3) is 0 Å². The molecule has 30 heavy (non-hydrogen) atoms. The number of carbonyl (C=O) groups excluding carboxylic acids is 1. The van der Waals surface area contributed by atoms with Crippen molar-refractivity contribution in [3.05, 3.63) is 65.2 Å². The maximum Gasteiger partial charge on any atom is 0.237 e. The maximum absolute atomic E-state index is 15.0. The first-order valence-electron chi connectivity index (χ1n) is 9.86. The molecular formula is C23H28F2N4O. The zero-order chi connectivity index (χ0) is 22.3. The van der Waals surface area contributed by atoms with E-state index in [-0.39, 0.29) is 17.7 Å². The Morgan fingerprint density at radius 1 is 1.10 bits per heavy atom. The Labute approximate surface area is 176 Å². The average Bonchev–Trinajstić information content (AvgIpc) is 2.71. The predicted molar refractivity (Wildman–Crippen MR) is 115 cm³/mol. The van der Waals surface area contributed by atoms with E-state index in [2.05, 4.69) is 4.99 Å². The molecule has 1 aliphatic rings. The van der Waals surface area contributed by atoms with Crippen molar-refractivity contribution in [3.63, 3.8) is 0 Å². The Morgan fingerprint density at radius 2 is 1.73 bits per heavy atom. The second-order valence-corrected chi connectivity index (χ2v) is 8.49. The van der Waals surface area contributed by atoms with Gasteiger partial charge in [-0.15, -0.1) is 0 Å². The van der Waals surface area contributed by atoms with E-state index in [1.54, 1.807) is 52.1 Å². The molecule has 2 N–H and O–H groups in total. The molecule has 2 aromatic carbocycles. The lowest BCUT2D eigenvalue weighted by atomic mass is 9.67. The second-order valence-electron chi connectivity index (χ2n) is 8.49. The van der Waals surface area contributed by atoms with Crippen LogP contribution in [0.2, 0.25) is 0 Å². The van der Waals surface area contributed by atoms with E-state index in [4.69, 9.17) is 5.73 Å². The summed E-state index contributed by atoms with van der Waals surface area (Å²) in [5, 5.41) is 0. The highest BCUT2D eigenvalue weighted by atomic mass is 19.1. The molecule has 1 atom stereocenters. The van der Waals surface area contributed by atoms with Gasteiger partial charge in [0.1, 0.15) is 17.2 Å². The Bertz CT molecular complexity index is 987. The summed E-state index contributed by atoms with van der Waals surface area (Å²) in [5.41, 5.74) is 5.96. The molecule has 1 heterocycles. The van der Waals surface area contributed by atoms with Crippen LogP contribution in [0.4, 0.5) is 14.5 Å². The van der Waals surface area contributed by atoms with E-state index in [0.29, 0.717) is 18.5 Å². The molecule has 0 aromatic heterocycles. The quantitative estimate of drug-likeness (QED) is 0.812. The van der Waals surface area contributed by atoms with E-state index < -0.39 is 16.8 Å². The monoisotopic (exact) mass is 414 g/mol. The highest BCUT2D eigenvalue weighted by Gasteiger charge is 2.53. The van der Waals surface area contributed by atoms with Gasteiger partial charge in [0, 0.05) is 31.9 Å². The van der Waals surface area contributed by atoms with Gasteiger partial charge in [-0.25, -0.2) is 13.8 Å². The van der Waals surface area contributed by atoms with Crippen molar-refractivity contribution < 1.29 is 13.6 Å². The molecule has 7 heteroatoms. The predicted octanol–water partition coefficient (Wildman–Crippen LogP) is 3.67. The topological polar surface area (TPSA) is 61.9 Å². The lowest BCUT2D eigenvalue weighted by molar-refractivity contribution is -0.140. The average molecular weight is 415 g/mol. The Hall–Kier alpha value is -2.96. The first-order valence-corrected chi connectivity index (χ1v) is 9.86. The molecule has 1 aliphatic heterocycles. The summed E-state index contributed by atoms with van der Waals surface area (Å²) < 4.78 is 28.1. The number of hydrogen-bond acceptors (Lipinski definition) is 4. The molecule has 0 aliphatic carbocycles. The van der Waals surface area contributed by atoms with Crippen molar-refractivity contribution in [3.8, 4) is 0 Å². The van der Waals surface area contributed by atoms with Crippen LogP contribution in [0.5, 0.6) is 0 Å². The van der Waals surface area contributed by atoms with E-state index >= 15 is 0 Å². The minimum Gasteiger partial charge on any atom is -0.374 e. The molecule has 2 aromatic rings. The summed E-state index contributed by atoms with van der Waals surface area (Å²) in [6.07, 6.45) is 0.709. The molecule has 3 rings (SSSR count). The molecule has 0 bridgehead atoms. The van der Waals surface area contributed by atoms with Gasteiger partial charge in [-0.1, -0.05) is 12.1 Å². The molecule has 160 valence electrons. The molecule has 0 saturated carbocycles. The van der Waals surface area contributed by atoms with E-state index in [1.165, 1.54) is 23.1 Å². The third kappa shape index (κ3) is 3.64. The van der Waals surface area contributed by atoms with Crippen molar-refractivity contribution in [1.82, 2.24) is 4.90 Å². The minimum absolute atomic E-state index is 0.0660. The summed E-state index contributed by atoms with van der Waals surface area (Å²) in [7, 11) is 3.48. The van der Waals surface area contributed by atoms with Crippen LogP contribution >= 0.6 is 0 Å². The number of likely N-dealkylation sites (N-methyl/N-ethyl adjacent to an activating group) is 1. The third-order valence-electron chi connectivity index (χ3n) is 6.30.